The summed E-state index contributed by atoms with van der Waals surface area (Å²) >= 11 is 0. The number of benzene rings is 2. The van der Waals surface area contributed by atoms with Gasteiger partial charge < -0.3 is 24.5 Å². The van der Waals surface area contributed by atoms with Crippen molar-refractivity contribution in [2.75, 3.05) is 19.5 Å². The Kier molecular flexibility index (Phi) is 4.49. The number of hydrogen-bond donors (Lipinski definition) is 2. The van der Waals surface area contributed by atoms with Gasteiger partial charge in [0.25, 0.3) is 0 Å². The maximum Gasteiger partial charge on any atom is 0.197 e. The first kappa shape index (κ1) is 16.7. The predicted octanol–water partition coefficient (Wildman–Crippen LogP) is 4.51. The van der Waals surface area contributed by atoms with Crippen LogP contribution in [0, 0.1) is 0 Å². The summed E-state index contributed by atoms with van der Waals surface area (Å²) in [7, 11) is 3.20. The minimum atomic E-state index is 0.623. The minimum absolute atomic E-state index is 0.623. The first-order valence-electron chi connectivity index (χ1n) is 8.32. The van der Waals surface area contributed by atoms with Gasteiger partial charge in [-0.15, -0.1) is 0 Å². The Labute approximate surface area is 155 Å². The van der Waals surface area contributed by atoms with Gasteiger partial charge in [0.1, 0.15) is 17.9 Å². The molecule has 4 rings (SSSR count). The van der Waals surface area contributed by atoms with Crippen molar-refractivity contribution < 1.29 is 14.2 Å². The van der Waals surface area contributed by atoms with E-state index in [0.717, 1.165) is 22.3 Å². The Morgan fingerprint density at radius 2 is 1.70 bits per heavy atom. The van der Waals surface area contributed by atoms with Gasteiger partial charge in [0, 0.05) is 29.4 Å². The number of rotatable bonds is 6. The third-order valence-electron chi connectivity index (χ3n) is 4.05. The fourth-order valence-electron chi connectivity index (χ4n) is 2.73. The van der Waals surface area contributed by atoms with Crippen molar-refractivity contribution in [1.82, 2.24) is 15.0 Å². The van der Waals surface area contributed by atoms with Crippen LogP contribution in [0.1, 0.15) is 0 Å². The topological polar surface area (TPSA) is 81.3 Å². The first-order valence-corrected chi connectivity index (χ1v) is 8.32. The highest BCUT2D eigenvalue weighted by atomic mass is 16.5. The van der Waals surface area contributed by atoms with Gasteiger partial charge in [0.15, 0.2) is 17.4 Å². The molecule has 0 saturated heterocycles. The SMILES string of the molecule is COc1cc2ncnc(Nc3ccc(Oc4ccc[nH]4)cc3)c2cc1OC. The van der Waals surface area contributed by atoms with Crippen LogP contribution in [0.25, 0.3) is 10.9 Å². The molecule has 7 heteroatoms. The minimum Gasteiger partial charge on any atom is -0.493 e. The summed E-state index contributed by atoms with van der Waals surface area (Å²) in [5.74, 6) is 3.36. The zero-order valence-corrected chi connectivity index (χ0v) is 14.9. The summed E-state index contributed by atoms with van der Waals surface area (Å²) in [6.45, 7) is 0. The number of ether oxygens (including phenoxy) is 3. The summed E-state index contributed by atoms with van der Waals surface area (Å²) in [6, 6.07) is 15.1. The molecule has 0 atom stereocenters. The molecule has 7 nitrogen and oxygen atoms in total. The van der Waals surface area contributed by atoms with Gasteiger partial charge in [-0.1, -0.05) is 0 Å². The normalized spacial score (nSPS) is 10.6. The second-order valence-corrected chi connectivity index (χ2v) is 5.73. The molecule has 0 spiro atoms. The molecule has 2 N–H and O–H groups in total. The predicted molar refractivity (Wildman–Crippen MR) is 103 cm³/mol. The lowest BCUT2D eigenvalue weighted by atomic mass is 10.2. The van der Waals surface area contributed by atoms with Crippen LogP contribution in [-0.4, -0.2) is 29.2 Å². The third-order valence-corrected chi connectivity index (χ3v) is 4.05. The van der Waals surface area contributed by atoms with Gasteiger partial charge in [0.05, 0.1) is 19.7 Å². The quantitative estimate of drug-likeness (QED) is 0.525. The number of anilines is 2. The lowest BCUT2D eigenvalue weighted by Gasteiger charge is -2.12. The van der Waals surface area contributed by atoms with Gasteiger partial charge >= 0.3 is 0 Å². The molecular formula is C20H18N4O3. The van der Waals surface area contributed by atoms with E-state index in [9.17, 15) is 0 Å². The van der Waals surface area contributed by atoms with Crippen LogP contribution in [0.2, 0.25) is 0 Å². The Balaban J connectivity index is 1.61. The van der Waals surface area contributed by atoms with Crippen molar-refractivity contribution in [2.24, 2.45) is 0 Å². The van der Waals surface area contributed by atoms with Gasteiger partial charge in [-0.2, -0.15) is 0 Å². The second kappa shape index (κ2) is 7.25. The monoisotopic (exact) mass is 362 g/mol. The highest BCUT2D eigenvalue weighted by Crippen LogP contribution is 2.34. The van der Waals surface area contributed by atoms with E-state index >= 15 is 0 Å². The van der Waals surface area contributed by atoms with Crippen LogP contribution in [0.3, 0.4) is 0 Å². The van der Waals surface area contributed by atoms with Crippen molar-refractivity contribution in [3.63, 3.8) is 0 Å². The molecule has 0 aliphatic rings. The van der Waals surface area contributed by atoms with Crippen molar-refractivity contribution in [1.29, 1.82) is 0 Å². The molecule has 0 unspecified atom stereocenters. The maximum absolute atomic E-state index is 5.71. The Morgan fingerprint density at radius 1 is 0.926 bits per heavy atom. The number of hydrogen-bond acceptors (Lipinski definition) is 6. The van der Waals surface area contributed by atoms with E-state index in [2.05, 4.69) is 20.3 Å². The van der Waals surface area contributed by atoms with Gasteiger partial charge in [-0.05, 0) is 36.4 Å². The molecule has 0 saturated carbocycles. The fraction of sp³-hybridized carbons (Fsp3) is 0.100. The standard InChI is InChI=1S/C20H18N4O3/c1-25-17-10-15-16(11-18(17)26-2)22-12-23-20(15)24-13-5-7-14(8-6-13)27-19-4-3-9-21-19/h3-12,21H,1-2H3,(H,22,23,24). The fourth-order valence-corrected chi connectivity index (χ4v) is 2.73. The van der Waals surface area contributed by atoms with E-state index in [1.165, 1.54) is 6.33 Å². The molecule has 136 valence electrons. The van der Waals surface area contributed by atoms with Crippen LogP contribution in [0.4, 0.5) is 11.5 Å². The van der Waals surface area contributed by atoms with Crippen LogP contribution in [0.15, 0.2) is 61.1 Å². The number of aromatic nitrogens is 3. The van der Waals surface area contributed by atoms with E-state index in [4.69, 9.17) is 14.2 Å². The van der Waals surface area contributed by atoms with E-state index < -0.39 is 0 Å². The van der Waals surface area contributed by atoms with Crippen molar-refractivity contribution in [2.45, 2.75) is 0 Å². The molecular weight excluding hydrogens is 344 g/mol. The average molecular weight is 362 g/mol. The van der Waals surface area contributed by atoms with E-state index in [1.54, 1.807) is 14.2 Å². The summed E-state index contributed by atoms with van der Waals surface area (Å²) < 4.78 is 16.4. The van der Waals surface area contributed by atoms with Crippen LogP contribution in [0.5, 0.6) is 23.1 Å². The Morgan fingerprint density at radius 3 is 2.41 bits per heavy atom. The van der Waals surface area contributed by atoms with E-state index in [0.29, 0.717) is 23.2 Å². The van der Waals surface area contributed by atoms with Crippen molar-refractivity contribution in [3.8, 4) is 23.1 Å². The molecule has 0 fully saturated rings. The van der Waals surface area contributed by atoms with Crippen LogP contribution in [-0.2, 0) is 0 Å². The van der Waals surface area contributed by atoms with Gasteiger partial charge in [0.2, 0.25) is 0 Å². The number of fused-ring (bicyclic) bond motifs is 1. The molecule has 0 amide bonds. The summed E-state index contributed by atoms with van der Waals surface area (Å²) in [5, 5.41) is 4.15. The van der Waals surface area contributed by atoms with Gasteiger partial charge in [-0.25, -0.2) is 9.97 Å². The molecule has 2 heterocycles. The third kappa shape index (κ3) is 3.48. The van der Waals surface area contributed by atoms with E-state index in [1.807, 2.05) is 54.7 Å². The molecule has 0 aliphatic carbocycles. The van der Waals surface area contributed by atoms with Crippen molar-refractivity contribution >= 4 is 22.4 Å². The molecule has 0 bridgehead atoms. The van der Waals surface area contributed by atoms with Crippen LogP contribution >= 0.6 is 0 Å². The molecule has 2 aromatic heterocycles. The largest absolute Gasteiger partial charge is 0.493 e. The average Bonchev–Trinajstić information content (AvgIpc) is 3.21. The number of nitrogens with zero attached hydrogens (tertiary/aromatic N) is 2. The zero-order valence-electron chi connectivity index (χ0n) is 14.9. The molecule has 4 aromatic rings. The number of nitrogens with one attached hydrogen (secondary N) is 2. The summed E-state index contributed by atoms with van der Waals surface area (Å²) in [6.07, 6.45) is 3.33. The number of aromatic amines is 1. The number of H-pyrrole nitrogens is 1. The zero-order chi connectivity index (χ0) is 18.6. The summed E-state index contributed by atoms with van der Waals surface area (Å²) in [4.78, 5) is 11.7. The smallest absolute Gasteiger partial charge is 0.197 e. The van der Waals surface area contributed by atoms with E-state index in [-0.39, 0.29) is 0 Å². The number of methoxy groups -OCH3 is 2. The van der Waals surface area contributed by atoms with Gasteiger partial charge in [-0.3, -0.25) is 0 Å². The van der Waals surface area contributed by atoms with Crippen LogP contribution < -0.4 is 19.5 Å². The molecule has 27 heavy (non-hydrogen) atoms. The first-order chi connectivity index (χ1) is 13.3. The molecule has 0 radical (unpaired) electrons. The molecule has 0 aliphatic heterocycles. The maximum atomic E-state index is 5.71. The lowest BCUT2D eigenvalue weighted by molar-refractivity contribution is 0.356. The summed E-state index contributed by atoms with van der Waals surface area (Å²) in [5.41, 5.74) is 1.64. The lowest BCUT2D eigenvalue weighted by Crippen LogP contribution is -1.98. The Hall–Kier alpha value is -3.74. The highest BCUT2D eigenvalue weighted by molar-refractivity contribution is 5.93. The molecule has 2 aromatic carbocycles. The van der Waals surface area contributed by atoms with Crippen molar-refractivity contribution in [3.05, 3.63) is 61.1 Å². The Bertz CT molecular complexity index is 1050. The second-order valence-electron chi connectivity index (χ2n) is 5.73. The highest BCUT2D eigenvalue weighted by Gasteiger charge is 2.11.